The van der Waals surface area contributed by atoms with Crippen LogP contribution in [0.2, 0.25) is 0 Å². The summed E-state index contributed by atoms with van der Waals surface area (Å²) in [4.78, 5) is 40.1. The molecular formula is C16H20N4O5S. The summed E-state index contributed by atoms with van der Waals surface area (Å²) in [5.41, 5.74) is 0.841. The maximum absolute atomic E-state index is 12.4. The molecule has 9 nitrogen and oxygen atoms in total. The minimum absolute atomic E-state index is 0.0307. The number of hydrogen-bond acceptors (Lipinski definition) is 7. The van der Waals surface area contributed by atoms with E-state index in [2.05, 4.69) is 15.5 Å². The van der Waals surface area contributed by atoms with Crippen molar-refractivity contribution in [2.75, 3.05) is 13.1 Å². The van der Waals surface area contributed by atoms with Crippen molar-refractivity contribution in [1.29, 1.82) is 0 Å². The number of rotatable bonds is 9. The summed E-state index contributed by atoms with van der Waals surface area (Å²) in [7, 11) is 0. The van der Waals surface area contributed by atoms with Gasteiger partial charge in [0.2, 0.25) is 23.5 Å². The monoisotopic (exact) mass is 380 g/mol. The highest BCUT2D eigenvalue weighted by molar-refractivity contribution is 7.08. The van der Waals surface area contributed by atoms with E-state index in [-0.39, 0.29) is 37.7 Å². The number of thiophene rings is 1. The first kappa shape index (κ1) is 19.6. The second-order valence-electron chi connectivity index (χ2n) is 5.61. The number of nitrogens with zero attached hydrogens (tertiary/aromatic N) is 3. The number of carboxylic acid groups (broad SMARTS) is 1. The lowest BCUT2D eigenvalue weighted by atomic mass is 10.2. The van der Waals surface area contributed by atoms with Crippen LogP contribution in [0.3, 0.4) is 0 Å². The fourth-order valence-corrected chi connectivity index (χ4v) is 2.88. The Morgan fingerprint density at radius 3 is 2.81 bits per heavy atom. The summed E-state index contributed by atoms with van der Waals surface area (Å²) in [6.07, 6.45) is 0.238. The second-order valence-corrected chi connectivity index (χ2v) is 6.39. The first-order valence-electron chi connectivity index (χ1n) is 8.00. The van der Waals surface area contributed by atoms with Crippen molar-refractivity contribution in [2.45, 2.75) is 32.7 Å². The van der Waals surface area contributed by atoms with E-state index < -0.39 is 12.0 Å². The van der Waals surface area contributed by atoms with E-state index in [4.69, 9.17) is 4.52 Å². The highest BCUT2D eigenvalue weighted by atomic mass is 32.1. The molecule has 0 radical (unpaired) electrons. The van der Waals surface area contributed by atoms with Crippen LogP contribution in [-0.2, 0) is 20.8 Å². The Bertz CT molecular complexity index is 759. The summed E-state index contributed by atoms with van der Waals surface area (Å²) < 4.78 is 5.14. The Kier molecular flexibility index (Phi) is 6.84. The van der Waals surface area contributed by atoms with Gasteiger partial charge in [0.25, 0.3) is 0 Å². The summed E-state index contributed by atoms with van der Waals surface area (Å²) in [6.45, 7) is 3.07. The second kappa shape index (κ2) is 9.09. The highest BCUT2D eigenvalue weighted by Crippen LogP contribution is 2.19. The Hall–Kier alpha value is -2.75. The molecule has 10 heteroatoms. The predicted octanol–water partition coefficient (Wildman–Crippen LogP) is 1.17. The van der Waals surface area contributed by atoms with Gasteiger partial charge in [0.15, 0.2) is 0 Å². The summed E-state index contributed by atoms with van der Waals surface area (Å²) in [6, 6.07) is 0.864. The lowest BCUT2D eigenvalue weighted by Crippen LogP contribution is -2.46. The number of hydrogen-bond donors (Lipinski definition) is 2. The van der Waals surface area contributed by atoms with Gasteiger partial charge in [0, 0.05) is 43.8 Å². The fourth-order valence-electron chi connectivity index (χ4n) is 2.24. The molecule has 2 N–H and O–H groups in total. The summed E-state index contributed by atoms with van der Waals surface area (Å²) in [5.74, 6) is -0.953. The Morgan fingerprint density at radius 1 is 1.42 bits per heavy atom. The van der Waals surface area contributed by atoms with Crippen LogP contribution >= 0.6 is 11.3 Å². The third kappa shape index (κ3) is 5.38. The van der Waals surface area contributed by atoms with Gasteiger partial charge in [-0.2, -0.15) is 16.3 Å². The van der Waals surface area contributed by atoms with E-state index in [0.717, 1.165) is 5.56 Å². The van der Waals surface area contributed by atoms with Gasteiger partial charge in [-0.15, -0.1) is 0 Å². The van der Waals surface area contributed by atoms with Crippen molar-refractivity contribution in [3.63, 3.8) is 0 Å². The molecule has 2 aromatic heterocycles. The van der Waals surface area contributed by atoms with E-state index in [1.54, 1.807) is 0 Å². The molecule has 0 saturated carbocycles. The number of aryl methyl sites for hydroxylation is 1. The lowest BCUT2D eigenvalue weighted by molar-refractivity contribution is -0.149. The van der Waals surface area contributed by atoms with E-state index in [1.165, 1.54) is 30.1 Å². The van der Waals surface area contributed by atoms with E-state index in [0.29, 0.717) is 11.7 Å². The number of carboxylic acids is 1. The van der Waals surface area contributed by atoms with Gasteiger partial charge < -0.3 is 19.8 Å². The molecule has 26 heavy (non-hydrogen) atoms. The predicted molar refractivity (Wildman–Crippen MR) is 93.4 cm³/mol. The van der Waals surface area contributed by atoms with E-state index >= 15 is 0 Å². The van der Waals surface area contributed by atoms with Gasteiger partial charge in [-0.05, 0) is 18.4 Å². The maximum Gasteiger partial charge on any atom is 0.326 e. The number of aromatic nitrogens is 2. The molecular weight excluding hydrogens is 360 g/mol. The van der Waals surface area contributed by atoms with Crippen molar-refractivity contribution in [3.8, 4) is 11.4 Å². The Morgan fingerprint density at radius 2 is 2.19 bits per heavy atom. The van der Waals surface area contributed by atoms with Gasteiger partial charge in [0.1, 0.15) is 6.04 Å². The molecule has 1 atom stereocenters. The van der Waals surface area contributed by atoms with Crippen molar-refractivity contribution < 1.29 is 24.0 Å². The SMILES string of the molecule is CC(=O)NCCN(C(=O)CCc1nc(-c2ccsc2)no1)C(C)C(=O)O. The van der Waals surface area contributed by atoms with Crippen molar-refractivity contribution in [1.82, 2.24) is 20.4 Å². The molecule has 140 valence electrons. The van der Waals surface area contributed by atoms with Gasteiger partial charge >= 0.3 is 5.97 Å². The number of carbonyl (C=O) groups is 3. The van der Waals surface area contributed by atoms with Crippen molar-refractivity contribution >= 4 is 29.1 Å². The minimum atomic E-state index is -1.11. The molecule has 0 aliphatic carbocycles. The number of amides is 2. The van der Waals surface area contributed by atoms with Gasteiger partial charge in [-0.25, -0.2) is 4.79 Å². The van der Waals surface area contributed by atoms with Crippen LogP contribution in [0.15, 0.2) is 21.3 Å². The minimum Gasteiger partial charge on any atom is -0.480 e. The number of carbonyl (C=O) groups excluding carboxylic acids is 2. The van der Waals surface area contributed by atoms with Gasteiger partial charge in [0.05, 0.1) is 0 Å². The molecule has 0 aliphatic rings. The van der Waals surface area contributed by atoms with Crippen LogP contribution < -0.4 is 5.32 Å². The highest BCUT2D eigenvalue weighted by Gasteiger charge is 2.25. The third-order valence-corrected chi connectivity index (χ3v) is 4.36. The molecule has 2 aromatic rings. The normalized spacial score (nSPS) is 11.8. The Labute approximate surface area is 154 Å². The smallest absolute Gasteiger partial charge is 0.326 e. The molecule has 2 rings (SSSR count). The largest absolute Gasteiger partial charge is 0.480 e. The average Bonchev–Trinajstić information content (AvgIpc) is 3.26. The van der Waals surface area contributed by atoms with Crippen LogP contribution in [0.25, 0.3) is 11.4 Å². The first-order chi connectivity index (χ1) is 12.4. The maximum atomic E-state index is 12.4. The molecule has 0 aromatic carbocycles. The van der Waals surface area contributed by atoms with Crippen LogP contribution in [0.4, 0.5) is 0 Å². The molecule has 2 heterocycles. The van der Waals surface area contributed by atoms with Gasteiger partial charge in [-0.3, -0.25) is 9.59 Å². The lowest BCUT2D eigenvalue weighted by Gasteiger charge is -2.26. The van der Waals surface area contributed by atoms with Gasteiger partial charge in [-0.1, -0.05) is 5.16 Å². The molecule has 0 spiro atoms. The van der Waals surface area contributed by atoms with E-state index in [9.17, 15) is 19.5 Å². The molecule has 1 unspecified atom stereocenters. The van der Waals surface area contributed by atoms with Crippen LogP contribution in [0, 0.1) is 0 Å². The molecule has 0 bridgehead atoms. The zero-order valence-corrected chi connectivity index (χ0v) is 15.3. The number of nitrogens with one attached hydrogen (secondary N) is 1. The molecule has 2 amide bonds. The molecule has 0 aliphatic heterocycles. The van der Waals surface area contributed by atoms with Crippen LogP contribution in [0.1, 0.15) is 26.2 Å². The average molecular weight is 380 g/mol. The fraction of sp³-hybridized carbons (Fsp3) is 0.438. The molecule has 0 saturated heterocycles. The zero-order valence-electron chi connectivity index (χ0n) is 14.5. The van der Waals surface area contributed by atoms with E-state index in [1.807, 2.05) is 16.8 Å². The summed E-state index contributed by atoms with van der Waals surface area (Å²) >= 11 is 1.51. The molecule has 0 fully saturated rings. The van der Waals surface area contributed by atoms with Crippen LogP contribution in [0.5, 0.6) is 0 Å². The van der Waals surface area contributed by atoms with Crippen LogP contribution in [-0.4, -0.2) is 57.1 Å². The first-order valence-corrected chi connectivity index (χ1v) is 8.94. The Balaban J connectivity index is 1.95. The summed E-state index contributed by atoms with van der Waals surface area (Å²) in [5, 5.41) is 19.4. The quantitative estimate of drug-likeness (QED) is 0.669. The van der Waals surface area contributed by atoms with Crippen molar-refractivity contribution in [3.05, 3.63) is 22.7 Å². The van der Waals surface area contributed by atoms with Crippen molar-refractivity contribution in [2.24, 2.45) is 0 Å². The topological polar surface area (TPSA) is 126 Å². The third-order valence-electron chi connectivity index (χ3n) is 3.67. The standard InChI is InChI=1S/C16H20N4O5S/c1-10(16(23)24)20(7-6-17-11(2)21)14(22)4-3-13-18-15(19-25-13)12-5-8-26-9-12/h5,8-10H,3-4,6-7H2,1-2H3,(H,17,21)(H,23,24). The zero-order chi connectivity index (χ0) is 19.1. The number of aliphatic carboxylic acids is 1.